The Bertz CT molecular complexity index is 954. The highest BCUT2D eigenvalue weighted by Crippen LogP contribution is 2.22. The van der Waals surface area contributed by atoms with Crippen LogP contribution in [-0.4, -0.2) is 33.4 Å². The molecular formula is C21H31IN6O. The lowest BCUT2D eigenvalue weighted by Gasteiger charge is -2.13. The number of aryl methyl sites for hydroxylation is 1. The van der Waals surface area contributed by atoms with Crippen molar-refractivity contribution in [2.45, 2.75) is 53.0 Å². The maximum Gasteiger partial charge on any atom is 0.216 e. The van der Waals surface area contributed by atoms with Crippen molar-refractivity contribution in [3.8, 4) is 0 Å². The lowest BCUT2D eigenvalue weighted by Crippen LogP contribution is -2.38. The fourth-order valence-corrected chi connectivity index (χ4v) is 2.85. The summed E-state index contributed by atoms with van der Waals surface area (Å²) in [4.78, 5) is 13.6. The monoisotopic (exact) mass is 510 g/mol. The molecule has 0 amide bonds. The van der Waals surface area contributed by atoms with Gasteiger partial charge in [0.1, 0.15) is 18.0 Å². The summed E-state index contributed by atoms with van der Waals surface area (Å²) in [5.74, 6) is 2.24. The molecule has 3 rings (SSSR count). The molecule has 0 spiro atoms. The number of nitrogens with zero attached hydrogens (tertiary/aromatic N) is 4. The smallest absolute Gasteiger partial charge is 0.216 e. The van der Waals surface area contributed by atoms with Crippen LogP contribution in [0.25, 0.3) is 5.65 Å². The van der Waals surface area contributed by atoms with Gasteiger partial charge in [-0.05, 0) is 25.5 Å². The Labute approximate surface area is 189 Å². The van der Waals surface area contributed by atoms with E-state index in [0.717, 1.165) is 42.6 Å². The molecule has 7 nitrogen and oxygen atoms in total. The van der Waals surface area contributed by atoms with Gasteiger partial charge >= 0.3 is 0 Å². The van der Waals surface area contributed by atoms with Gasteiger partial charge in [0, 0.05) is 37.3 Å². The van der Waals surface area contributed by atoms with Crippen LogP contribution in [0, 0.1) is 6.92 Å². The first-order valence-corrected chi connectivity index (χ1v) is 9.77. The van der Waals surface area contributed by atoms with Gasteiger partial charge in [-0.1, -0.05) is 26.8 Å². The number of oxazole rings is 1. The van der Waals surface area contributed by atoms with E-state index in [4.69, 9.17) is 9.40 Å². The van der Waals surface area contributed by atoms with Gasteiger partial charge in [-0.2, -0.15) is 0 Å². The van der Waals surface area contributed by atoms with Crippen LogP contribution in [0.4, 0.5) is 0 Å². The van der Waals surface area contributed by atoms with Gasteiger partial charge in [-0.25, -0.2) is 15.0 Å². The molecule has 29 heavy (non-hydrogen) atoms. The molecule has 0 aliphatic heterocycles. The molecule has 0 saturated heterocycles. The molecule has 0 aliphatic carbocycles. The van der Waals surface area contributed by atoms with E-state index >= 15 is 0 Å². The number of nitrogens with one attached hydrogen (secondary N) is 2. The van der Waals surface area contributed by atoms with Crippen molar-refractivity contribution in [3.63, 3.8) is 0 Å². The van der Waals surface area contributed by atoms with Gasteiger partial charge in [-0.3, -0.25) is 0 Å². The number of aliphatic imine (C=N–C) groups is 1. The van der Waals surface area contributed by atoms with Gasteiger partial charge in [0.15, 0.2) is 5.96 Å². The minimum atomic E-state index is -0.0514. The zero-order valence-corrected chi connectivity index (χ0v) is 20.2. The molecular weight excluding hydrogens is 479 g/mol. The number of hydrogen-bond donors (Lipinski definition) is 2. The molecule has 2 N–H and O–H groups in total. The number of pyridine rings is 1. The Kier molecular flexibility index (Phi) is 8.06. The number of imidazole rings is 1. The average Bonchev–Trinajstić information content (AvgIpc) is 3.27. The highest BCUT2D eigenvalue weighted by molar-refractivity contribution is 14.0. The standard InChI is InChI=1S/C21H30N6O.HI/c1-6-22-20(25-13-18-24-12-17(28-18)21(3,4)5)23-10-9-16-14-27-11-7-8-15(2)19(27)26-16;/h7-8,11-12,14H,6,9-10,13H2,1-5H3,(H2,22,23,25);1H. The first-order chi connectivity index (χ1) is 13.4. The molecule has 0 aromatic carbocycles. The first kappa shape index (κ1) is 23.2. The Morgan fingerprint density at radius 2 is 2.07 bits per heavy atom. The fourth-order valence-electron chi connectivity index (χ4n) is 2.85. The van der Waals surface area contributed by atoms with E-state index in [1.54, 1.807) is 6.20 Å². The molecule has 0 atom stereocenters. The highest BCUT2D eigenvalue weighted by Gasteiger charge is 2.19. The summed E-state index contributed by atoms with van der Waals surface area (Å²) in [6, 6.07) is 4.11. The molecule has 0 radical (unpaired) electrons. The molecule has 3 heterocycles. The predicted molar refractivity (Wildman–Crippen MR) is 127 cm³/mol. The van der Waals surface area contributed by atoms with Crippen LogP contribution < -0.4 is 10.6 Å². The average molecular weight is 510 g/mol. The Morgan fingerprint density at radius 1 is 1.28 bits per heavy atom. The van der Waals surface area contributed by atoms with Crippen LogP contribution in [0.3, 0.4) is 0 Å². The Morgan fingerprint density at radius 3 is 2.72 bits per heavy atom. The SMILES string of the molecule is CCNC(=NCc1ncc(C(C)(C)C)o1)NCCc1cn2cccc(C)c2n1.I. The highest BCUT2D eigenvalue weighted by atomic mass is 127. The van der Waals surface area contributed by atoms with Crippen LogP contribution in [0.1, 0.15) is 50.6 Å². The summed E-state index contributed by atoms with van der Waals surface area (Å²) >= 11 is 0. The van der Waals surface area contributed by atoms with Crippen molar-refractivity contribution in [2.24, 2.45) is 4.99 Å². The molecule has 8 heteroatoms. The Hall–Kier alpha value is -2.10. The van der Waals surface area contributed by atoms with Crippen LogP contribution >= 0.6 is 24.0 Å². The summed E-state index contributed by atoms with van der Waals surface area (Å²) in [7, 11) is 0. The number of hydrogen-bond acceptors (Lipinski definition) is 4. The molecule has 0 unspecified atom stereocenters. The topological polar surface area (TPSA) is 79.8 Å². The number of guanidine groups is 1. The number of halogens is 1. The normalized spacial score (nSPS) is 12.1. The maximum absolute atomic E-state index is 5.81. The minimum absolute atomic E-state index is 0. The second kappa shape index (κ2) is 10.1. The van der Waals surface area contributed by atoms with E-state index < -0.39 is 0 Å². The van der Waals surface area contributed by atoms with E-state index in [9.17, 15) is 0 Å². The van der Waals surface area contributed by atoms with Crippen molar-refractivity contribution >= 4 is 35.6 Å². The number of aromatic nitrogens is 3. The van der Waals surface area contributed by atoms with Gasteiger partial charge < -0.3 is 19.5 Å². The summed E-state index contributed by atoms with van der Waals surface area (Å²) in [5, 5.41) is 6.61. The van der Waals surface area contributed by atoms with Crippen LogP contribution in [-0.2, 0) is 18.4 Å². The lowest BCUT2D eigenvalue weighted by atomic mass is 9.94. The van der Waals surface area contributed by atoms with Crippen molar-refractivity contribution < 1.29 is 4.42 Å². The lowest BCUT2D eigenvalue weighted by molar-refractivity contribution is 0.383. The van der Waals surface area contributed by atoms with Crippen molar-refractivity contribution in [1.82, 2.24) is 25.0 Å². The number of fused-ring (bicyclic) bond motifs is 1. The van der Waals surface area contributed by atoms with Crippen molar-refractivity contribution in [2.75, 3.05) is 13.1 Å². The fraction of sp³-hybridized carbons (Fsp3) is 0.476. The third-order valence-corrected chi connectivity index (χ3v) is 4.41. The molecule has 0 saturated carbocycles. The van der Waals surface area contributed by atoms with Crippen LogP contribution in [0.15, 0.2) is 40.1 Å². The summed E-state index contributed by atoms with van der Waals surface area (Å²) in [5.41, 5.74) is 3.19. The molecule has 0 aliphatic rings. The predicted octanol–water partition coefficient (Wildman–Crippen LogP) is 3.84. The molecule has 3 aromatic rings. The van der Waals surface area contributed by atoms with Crippen LogP contribution in [0.2, 0.25) is 0 Å². The number of rotatable bonds is 6. The Balaban J connectivity index is 0.00000300. The van der Waals surface area contributed by atoms with Gasteiger partial charge in [-0.15, -0.1) is 24.0 Å². The van der Waals surface area contributed by atoms with Crippen molar-refractivity contribution in [1.29, 1.82) is 0 Å². The summed E-state index contributed by atoms with van der Waals surface area (Å²) < 4.78 is 7.88. The zero-order chi connectivity index (χ0) is 20.1. The summed E-state index contributed by atoms with van der Waals surface area (Å²) in [6.07, 6.45) is 6.71. The molecule has 158 valence electrons. The molecule has 3 aromatic heterocycles. The second-order valence-electron chi connectivity index (χ2n) is 7.89. The second-order valence-corrected chi connectivity index (χ2v) is 7.89. The van der Waals surface area contributed by atoms with E-state index in [1.807, 2.05) is 19.2 Å². The van der Waals surface area contributed by atoms with Gasteiger partial charge in [0.05, 0.1) is 11.9 Å². The van der Waals surface area contributed by atoms with Gasteiger partial charge in [0.25, 0.3) is 0 Å². The third kappa shape index (κ3) is 6.19. The molecule has 0 fully saturated rings. The molecule has 0 bridgehead atoms. The van der Waals surface area contributed by atoms with E-state index in [1.165, 1.54) is 5.56 Å². The zero-order valence-electron chi connectivity index (χ0n) is 17.8. The van der Waals surface area contributed by atoms with E-state index in [0.29, 0.717) is 12.4 Å². The first-order valence-electron chi connectivity index (χ1n) is 9.77. The third-order valence-electron chi connectivity index (χ3n) is 4.41. The maximum atomic E-state index is 5.81. The van der Waals surface area contributed by atoms with Crippen LogP contribution in [0.5, 0.6) is 0 Å². The van der Waals surface area contributed by atoms with Crippen molar-refractivity contribution in [3.05, 3.63) is 53.6 Å². The largest absolute Gasteiger partial charge is 0.443 e. The van der Waals surface area contributed by atoms with E-state index in [2.05, 4.69) is 65.0 Å². The van der Waals surface area contributed by atoms with Gasteiger partial charge in [0.2, 0.25) is 5.89 Å². The minimum Gasteiger partial charge on any atom is -0.443 e. The van der Waals surface area contributed by atoms with E-state index in [-0.39, 0.29) is 29.4 Å². The summed E-state index contributed by atoms with van der Waals surface area (Å²) in [6.45, 7) is 12.4. The quantitative estimate of drug-likeness (QED) is 0.299.